The van der Waals surface area contributed by atoms with Crippen LogP contribution in [0.15, 0.2) is 0 Å². The molecule has 1 aromatic heterocycles. The van der Waals surface area contributed by atoms with Crippen LogP contribution in [0.3, 0.4) is 0 Å². The third kappa shape index (κ3) is 3.57. The molecule has 0 unspecified atom stereocenters. The number of rotatable bonds is 5. The van der Waals surface area contributed by atoms with E-state index in [-0.39, 0.29) is 0 Å². The smallest absolute Gasteiger partial charge is 0.0641 e. The molecule has 1 aliphatic heterocycles. The minimum absolute atomic E-state index is 0.868. The lowest BCUT2D eigenvalue weighted by Crippen LogP contribution is -2.37. The van der Waals surface area contributed by atoms with Crippen molar-refractivity contribution in [1.82, 2.24) is 20.0 Å². The van der Waals surface area contributed by atoms with Gasteiger partial charge in [-0.2, -0.15) is 5.10 Å². The number of hydrogen-bond donors (Lipinski definition) is 1. The van der Waals surface area contributed by atoms with E-state index < -0.39 is 0 Å². The Bertz CT molecular complexity index is 403. The molecule has 0 aromatic carbocycles. The molecule has 1 aliphatic rings. The molecule has 108 valence electrons. The second-order valence-electron chi connectivity index (χ2n) is 5.80. The van der Waals surface area contributed by atoms with Crippen molar-refractivity contribution in [2.24, 2.45) is 13.0 Å². The van der Waals surface area contributed by atoms with E-state index in [1.54, 1.807) is 0 Å². The lowest BCUT2D eigenvalue weighted by Gasteiger charge is -2.32. The molecule has 0 saturated carbocycles. The van der Waals surface area contributed by atoms with Crippen LogP contribution >= 0.6 is 0 Å². The highest BCUT2D eigenvalue weighted by Crippen LogP contribution is 2.21. The quantitative estimate of drug-likeness (QED) is 0.881. The highest BCUT2D eigenvalue weighted by atomic mass is 15.3. The molecule has 1 aromatic rings. The fraction of sp³-hybridized carbons (Fsp3) is 0.800. The summed E-state index contributed by atoms with van der Waals surface area (Å²) in [4.78, 5) is 2.58. The van der Waals surface area contributed by atoms with E-state index in [9.17, 15) is 0 Å². The molecule has 1 fully saturated rings. The molecular formula is C15H28N4. The summed E-state index contributed by atoms with van der Waals surface area (Å²) in [5, 5.41) is 7.98. The summed E-state index contributed by atoms with van der Waals surface area (Å²) >= 11 is 0. The van der Waals surface area contributed by atoms with Crippen LogP contribution in [-0.4, -0.2) is 40.9 Å². The van der Waals surface area contributed by atoms with Crippen molar-refractivity contribution in [2.75, 3.05) is 26.2 Å². The van der Waals surface area contributed by atoms with E-state index in [4.69, 9.17) is 0 Å². The Hall–Kier alpha value is -0.870. The fourth-order valence-corrected chi connectivity index (χ4v) is 2.97. The van der Waals surface area contributed by atoms with Gasteiger partial charge < -0.3 is 5.32 Å². The standard InChI is InChI=1S/C15H28N4/c1-5-16-10-14-6-8-19(9-7-14)11-15-12(2)17-18(4)13(15)3/h14,16H,5-11H2,1-4H3. The third-order valence-corrected chi connectivity index (χ3v) is 4.43. The van der Waals surface area contributed by atoms with Crippen molar-refractivity contribution in [3.05, 3.63) is 17.0 Å². The van der Waals surface area contributed by atoms with Crippen LogP contribution in [0.1, 0.15) is 36.7 Å². The van der Waals surface area contributed by atoms with E-state index in [2.05, 4.69) is 36.1 Å². The van der Waals surface area contributed by atoms with Crippen LogP contribution in [0, 0.1) is 19.8 Å². The Morgan fingerprint density at radius 3 is 2.47 bits per heavy atom. The van der Waals surface area contributed by atoms with Crippen LogP contribution in [0.4, 0.5) is 0 Å². The molecule has 0 spiro atoms. The number of piperidine rings is 1. The van der Waals surface area contributed by atoms with Crippen molar-refractivity contribution in [2.45, 2.75) is 40.2 Å². The lowest BCUT2D eigenvalue weighted by atomic mass is 9.96. The summed E-state index contributed by atoms with van der Waals surface area (Å²) < 4.78 is 2.00. The molecule has 1 saturated heterocycles. The Labute approximate surface area is 117 Å². The maximum absolute atomic E-state index is 4.51. The highest BCUT2D eigenvalue weighted by molar-refractivity contribution is 5.24. The van der Waals surface area contributed by atoms with Gasteiger partial charge in [0.15, 0.2) is 0 Å². The minimum Gasteiger partial charge on any atom is -0.317 e. The van der Waals surface area contributed by atoms with E-state index in [1.165, 1.54) is 49.4 Å². The van der Waals surface area contributed by atoms with Gasteiger partial charge in [0.2, 0.25) is 0 Å². The zero-order valence-electron chi connectivity index (χ0n) is 12.9. The number of likely N-dealkylation sites (tertiary alicyclic amines) is 1. The van der Waals surface area contributed by atoms with Gasteiger partial charge in [0.1, 0.15) is 0 Å². The molecule has 2 rings (SSSR count). The predicted octanol–water partition coefficient (Wildman–Crippen LogP) is 1.86. The molecule has 4 nitrogen and oxygen atoms in total. The lowest BCUT2D eigenvalue weighted by molar-refractivity contribution is 0.175. The van der Waals surface area contributed by atoms with Crippen molar-refractivity contribution in [1.29, 1.82) is 0 Å². The average Bonchev–Trinajstić information content (AvgIpc) is 2.64. The second-order valence-corrected chi connectivity index (χ2v) is 5.80. The zero-order chi connectivity index (χ0) is 13.8. The number of aryl methyl sites for hydroxylation is 2. The highest BCUT2D eigenvalue weighted by Gasteiger charge is 2.20. The normalized spacial score (nSPS) is 18.1. The first kappa shape index (κ1) is 14.5. The van der Waals surface area contributed by atoms with E-state index >= 15 is 0 Å². The summed E-state index contributed by atoms with van der Waals surface area (Å²) in [6.07, 6.45) is 2.65. The Morgan fingerprint density at radius 1 is 1.26 bits per heavy atom. The number of nitrogens with zero attached hydrogens (tertiary/aromatic N) is 3. The first-order valence-electron chi connectivity index (χ1n) is 7.54. The van der Waals surface area contributed by atoms with Crippen molar-refractivity contribution < 1.29 is 0 Å². The minimum atomic E-state index is 0.868. The van der Waals surface area contributed by atoms with Gasteiger partial charge in [-0.15, -0.1) is 0 Å². The van der Waals surface area contributed by atoms with Crippen LogP contribution in [0.25, 0.3) is 0 Å². The number of nitrogens with one attached hydrogen (secondary N) is 1. The predicted molar refractivity (Wildman–Crippen MR) is 79.2 cm³/mol. The van der Waals surface area contributed by atoms with E-state index in [1.807, 2.05) is 11.7 Å². The summed E-state index contributed by atoms with van der Waals surface area (Å²) in [5.74, 6) is 0.868. The maximum Gasteiger partial charge on any atom is 0.0641 e. The van der Waals surface area contributed by atoms with Gasteiger partial charge in [-0.1, -0.05) is 6.92 Å². The molecular weight excluding hydrogens is 236 g/mol. The van der Waals surface area contributed by atoms with Gasteiger partial charge in [-0.05, 0) is 58.8 Å². The third-order valence-electron chi connectivity index (χ3n) is 4.43. The zero-order valence-corrected chi connectivity index (χ0v) is 12.9. The van der Waals surface area contributed by atoms with Crippen LogP contribution < -0.4 is 5.32 Å². The monoisotopic (exact) mass is 264 g/mol. The van der Waals surface area contributed by atoms with E-state index in [0.717, 1.165) is 19.0 Å². The Morgan fingerprint density at radius 2 is 1.95 bits per heavy atom. The maximum atomic E-state index is 4.51. The second kappa shape index (κ2) is 6.53. The molecule has 0 atom stereocenters. The van der Waals surface area contributed by atoms with Crippen molar-refractivity contribution in [3.8, 4) is 0 Å². The average molecular weight is 264 g/mol. The Kier molecular flexibility index (Phi) is 4.99. The van der Waals surface area contributed by atoms with E-state index in [0.29, 0.717) is 0 Å². The van der Waals surface area contributed by atoms with Gasteiger partial charge >= 0.3 is 0 Å². The topological polar surface area (TPSA) is 33.1 Å². The first-order chi connectivity index (χ1) is 9.11. The molecule has 0 aliphatic carbocycles. The summed E-state index contributed by atoms with van der Waals surface area (Å²) in [7, 11) is 2.04. The van der Waals surface area contributed by atoms with Crippen LogP contribution in [-0.2, 0) is 13.6 Å². The Balaban J connectivity index is 1.85. The summed E-state index contributed by atoms with van der Waals surface area (Å²) in [6.45, 7) is 12.3. The molecule has 0 amide bonds. The molecule has 19 heavy (non-hydrogen) atoms. The van der Waals surface area contributed by atoms with Crippen molar-refractivity contribution >= 4 is 0 Å². The van der Waals surface area contributed by atoms with Crippen molar-refractivity contribution in [3.63, 3.8) is 0 Å². The molecule has 4 heteroatoms. The first-order valence-corrected chi connectivity index (χ1v) is 7.54. The van der Waals surface area contributed by atoms with Gasteiger partial charge in [0, 0.05) is 24.8 Å². The molecule has 1 N–H and O–H groups in total. The van der Waals surface area contributed by atoms with Gasteiger partial charge in [0.25, 0.3) is 0 Å². The largest absolute Gasteiger partial charge is 0.317 e. The molecule has 2 heterocycles. The van der Waals surface area contributed by atoms with Gasteiger partial charge in [0.05, 0.1) is 5.69 Å². The summed E-state index contributed by atoms with van der Waals surface area (Å²) in [5.41, 5.74) is 3.93. The van der Waals surface area contributed by atoms with Crippen LogP contribution in [0.5, 0.6) is 0 Å². The summed E-state index contributed by atoms with van der Waals surface area (Å²) in [6, 6.07) is 0. The van der Waals surface area contributed by atoms with Crippen LogP contribution in [0.2, 0.25) is 0 Å². The van der Waals surface area contributed by atoms with Gasteiger partial charge in [-0.3, -0.25) is 9.58 Å². The number of hydrogen-bond acceptors (Lipinski definition) is 3. The SMILES string of the molecule is CCNCC1CCN(Cc2c(C)nn(C)c2C)CC1. The molecule has 0 radical (unpaired) electrons. The molecule has 0 bridgehead atoms. The fourth-order valence-electron chi connectivity index (χ4n) is 2.97. The van der Waals surface area contributed by atoms with Gasteiger partial charge in [-0.25, -0.2) is 0 Å². The number of aromatic nitrogens is 2.